The number of hydrogen-bond acceptors (Lipinski definition) is 2. The molecule has 1 amide bonds. The van der Waals surface area contributed by atoms with E-state index < -0.39 is 23.8 Å². The maximum Gasteiger partial charge on any atom is 0.458 e. The third-order valence-corrected chi connectivity index (χ3v) is 2.21. The second-order valence-electron chi connectivity index (χ2n) is 3.77. The van der Waals surface area contributed by atoms with Gasteiger partial charge in [-0.2, -0.15) is 22.0 Å². The number of carbonyl (C=O) groups is 1. The predicted octanol–water partition coefficient (Wildman–Crippen LogP) is 4.11. The van der Waals surface area contributed by atoms with E-state index in [9.17, 15) is 26.7 Å². The molecular weight excluding hydrogens is 285 g/mol. The van der Waals surface area contributed by atoms with Gasteiger partial charge in [-0.25, -0.2) is 4.79 Å². The molecule has 1 N–H and O–H groups in total. The van der Waals surface area contributed by atoms with Crippen molar-refractivity contribution < 1.29 is 31.5 Å². The van der Waals surface area contributed by atoms with Crippen LogP contribution in [0, 0.1) is 6.92 Å². The van der Waals surface area contributed by atoms with Crippen molar-refractivity contribution in [3.8, 4) is 0 Å². The van der Waals surface area contributed by atoms with E-state index >= 15 is 0 Å². The zero-order valence-corrected chi connectivity index (χ0v) is 10.1. The van der Waals surface area contributed by atoms with Gasteiger partial charge in [0.15, 0.2) is 0 Å². The monoisotopic (exact) mass is 296 g/mol. The first-order valence-electron chi connectivity index (χ1n) is 5.46. The number of halogens is 5. The zero-order valence-electron chi connectivity index (χ0n) is 10.1. The number of anilines is 1. The Morgan fingerprint density at radius 3 is 2.45 bits per heavy atom. The summed E-state index contributed by atoms with van der Waals surface area (Å²) in [5.41, 5.74) is -1.49. The number of ether oxygens (including phenoxy) is 1. The Morgan fingerprint density at radius 2 is 1.90 bits per heavy atom. The van der Waals surface area contributed by atoms with Gasteiger partial charge in [0.1, 0.15) is 0 Å². The molecule has 0 fully saturated rings. The van der Waals surface area contributed by atoms with Gasteiger partial charge >= 0.3 is 18.2 Å². The Hall–Kier alpha value is -1.86. The number of rotatable bonds is 4. The SMILES string of the molecule is [CH2]CCOC(=O)Nc1cccc(C(F)(F)C(F)(F)F)c1. The highest BCUT2D eigenvalue weighted by atomic mass is 19.4. The molecule has 8 heteroatoms. The van der Waals surface area contributed by atoms with Gasteiger partial charge in [-0.05, 0) is 25.5 Å². The highest BCUT2D eigenvalue weighted by Gasteiger charge is 2.58. The van der Waals surface area contributed by atoms with E-state index in [-0.39, 0.29) is 12.3 Å². The van der Waals surface area contributed by atoms with Crippen LogP contribution in [0.3, 0.4) is 0 Å². The lowest BCUT2D eigenvalue weighted by molar-refractivity contribution is -0.289. The number of carbonyl (C=O) groups excluding carboxylic acids is 1. The largest absolute Gasteiger partial charge is 0.458 e. The summed E-state index contributed by atoms with van der Waals surface area (Å²) in [4.78, 5) is 11.2. The second-order valence-corrected chi connectivity index (χ2v) is 3.77. The predicted molar refractivity (Wildman–Crippen MR) is 61.3 cm³/mol. The van der Waals surface area contributed by atoms with E-state index in [0.717, 1.165) is 6.07 Å². The van der Waals surface area contributed by atoms with Gasteiger partial charge in [-0.1, -0.05) is 12.1 Å². The normalized spacial score (nSPS) is 12.1. The van der Waals surface area contributed by atoms with Crippen LogP contribution in [-0.4, -0.2) is 18.9 Å². The summed E-state index contributed by atoms with van der Waals surface area (Å²) in [6, 6.07) is 3.31. The molecule has 1 aromatic carbocycles. The van der Waals surface area contributed by atoms with E-state index in [0.29, 0.717) is 18.6 Å². The van der Waals surface area contributed by atoms with Crippen LogP contribution >= 0.6 is 0 Å². The Kier molecular flexibility index (Phi) is 4.91. The van der Waals surface area contributed by atoms with Crippen LogP contribution in [0.2, 0.25) is 0 Å². The molecular formula is C12H11F5NO2. The van der Waals surface area contributed by atoms with E-state index in [1.807, 2.05) is 0 Å². The standard InChI is InChI=1S/C12H11F5NO2/c1-2-6-20-10(19)18-9-5-3-4-8(7-9)11(13,14)12(15,16)17/h3-5,7H,1-2,6H2,(H,18,19). The van der Waals surface area contributed by atoms with Crippen LogP contribution in [0.15, 0.2) is 24.3 Å². The maximum atomic E-state index is 13.1. The van der Waals surface area contributed by atoms with Crippen LogP contribution in [0.4, 0.5) is 32.4 Å². The number of hydrogen-bond donors (Lipinski definition) is 1. The molecule has 0 aromatic heterocycles. The van der Waals surface area contributed by atoms with Crippen molar-refractivity contribution in [2.24, 2.45) is 0 Å². The Labute approximate surface area is 111 Å². The van der Waals surface area contributed by atoms with Gasteiger partial charge in [0, 0.05) is 11.3 Å². The fourth-order valence-electron chi connectivity index (χ4n) is 1.27. The van der Waals surface area contributed by atoms with E-state index in [2.05, 4.69) is 17.0 Å². The van der Waals surface area contributed by atoms with E-state index in [4.69, 9.17) is 0 Å². The second kappa shape index (κ2) is 6.06. The molecule has 1 rings (SSSR count). The molecule has 0 saturated heterocycles. The first kappa shape index (κ1) is 16.2. The zero-order chi connectivity index (χ0) is 15.4. The minimum atomic E-state index is -5.71. The number of benzene rings is 1. The van der Waals surface area contributed by atoms with E-state index in [1.54, 1.807) is 0 Å². The summed E-state index contributed by atoms with van der Waals surface area (Å²) >= 11 is 0. The third-order valence-electron chi connectivity index (χ3n) is 2.21. The van der Waals surface area contributed by atoms with Gasteiger partial charge < -0.3 is 4.74 Å². The molecule has 0 aliphatic rings. The molecule has 111 valence electrons. The molecule has 3 nitrogen and oxygen atoms in total. The topological polar surface area (TPSA) is 38.3 Å². The van der Waals surface area contributed by atoms with Gasteiger partial charge in [-0.15, -0.1) is 0 Å². The first-order valence-corrected chi connectivity index (χ1v) is 5.46. The molecule has 0 spiro atoms. The summed E-state index contributed by atoms with van der Waals surface area (Å²) in [6.07, 6.45) is -6.36. The average molecular weight is 296 g/mol. The summed E-state index contributed by atoms with van der Waals surface area (Å²) in [7, 11) is 0. The number of nitrogens with one attached hydrogen (secondary N) is 1. The van der Waals surface area contributed by atoms with E-state index in [1.165, 1.54) is 6.07 Å². The van der Waals surface area contributed by atoms with Crippen LogP contribution in [0.25, 0.3) is 0 Å². The van der Waals surface area contributed by atoms with Crippen molar-refractivity contribution in [1.82, 2.24) is 0 Å². The fraction of sp³-hybridized carbons (Fsp3) is 0.333. The summed E-state index contributed by atoms with van der Waals surface area (Å²) in [5, 5.41) is 2.05. The van der Waals surface area contributed by atoms with Crippen molar-refractivity contribution in [3.63, 3.8) is 0 Å². The lowest BCUT2D eigenvalue weighted by atomic mass is 10.1. The molecule has 0 atom stereocenters. The Bertz CT molecular complexity index is 473. The van der Waals surface area contributed by atoms with Crippen LogP contribution in [-0.2, 0) is 10.7 Å². The molecule has 0 aliphatic carbocycles. The third kappa shape index (κ3) is 3.82. The van der Waals surface area contributed by atoms with Gasteiger partial charge in [0.25, 0.3) is 0 Å². The minimum absolute atomic E-state index is 0.00420. The van der Waals surface area contributed by atoms with Crippen molar-refractivity contribution in [2.45, 2.75) is 18.5 Å². The Balaban J connectivity index is 2.89. The van der Waals surface area contributed by atoms with Crippen LogP contribution in [0.1, 0.15) is 12.0 Å². The van der Waals surface area contributed by atoms with Gasteiger partial charge in [0.2, 0.25) is 0 Å². The Morgan fingerprint density at radius 1 is 1.25 bits per heavy atom. The van der Waals surface area contributed by atoms with Crippen molar-refractivity contribution in [3.05, 3.63) is 36.8 Å². The fourth-order valence-corrected chi connectivity index (χ4v) is 1.27. The highest BCUT2D eigenvalue weighted by Crippen LogP contribution is 2.44. The smallest absolute Gasteiger partial charge is 0.449 e. The molecule has 0 heterocycles. The molecule has 0 unspecified atom stereocenters. The number of alkyl halides is 5. The molecule has 1 aromatic rings. The molecule has 0 bridgehead atoms. The molecule has 0 aliphatic heterocycles. The lowest BCUT2D eigenvalue weighted by Crippen LogP contribution is -2.33. The number of amides is 1. The maximum absolute atomic E-state index is 13.1. The minimum Gasteiger partial charge on any atom is -0.449 e. The summed E-state index contributed by atoms with van der Waals surface area (Å²) < 4.78 is 67.4. The first-order chi connectivity index (χ1) is 9.18. The quantitative estimate of drug-likeness (QED) is 0.849. The molecule has 20 heavy (non-hydrogen) atoms. The van der Waals surface area contributed by atoms with Crippen LogP contribution < -0.4 is 5.32 Å². The van der Waals surface area contributed by atoms with Crippen molar-refractivity contribution >= 4 is 11.8 Å². The summed E-state index contributed by atoms with van der Waals surface area (Å²) in [6.45, 7) is 3.41. The van der Waals surface area contributed by atoms with Gasteiger partial charge in [-0.3, -0.25) is 5.32 Å². The summed E-state index contributed by atoms with van der Waals surface area (Å²) in [5.74, 6) is -5.00. The van der Waals surface area contributed by atoms with Crippen molar-refractivity contribution in [1.29, 1.82) is 0 Å². The average Bonchev–Trinajstić information content (AvgIpc) is 2.35. The lowest BCUT2D eigenvalue weighted by Gasteiger charge is -2.20. The van der Waals surface area contributed by atoms with Crippen LogP contribution in [0.5, 0.6) is 0 Å². The molecule has 0 saturated carbocycles. The van der Waals surface area contributed by atoms with Gasteiger partial charge in [0.05, 0.1) is 6.61 Å². The highest BCUT2D eigenvalue weighted by molar-refractivity contribution is 5.84. The van der Waals surface area contributed by atoms with Crippen molar-refractivity contribution in [2.75, 3.05) is 11.9 Å². The molecule has 1 radical (unpaired) electrons.